The molecule has 0 spiro atoms. The fraction of sp³-hybridized carbons (Fsp3) is 0.222. The van der Waals surface area contributed by atoms with E-state index in [1.165, 1.54) is 31.4 Å². The van der Waals surface area contributed by atoms with Crippen LogP contribution in [0.15, 0.2) is 48.5 Å². The maximum Gasteiger partial charge on any atom is 0.307 e. The minimum absolute atomic E-state index is 0.0274. The third-order valence-electron chi connectivity index (χ3n) is 3.39. The lowest BCUT2D eigenvalue weighted by molar-refractivity contribution is -0.141. The fourth-order valence-corrected chi connectivity index (χ4v) is 2.24. The highest BCUT2D eigenvalue weighted by atomic mass is 35.5. The number of halogens is 2. The van der Waals surface area contributed by atoms with Crippen molar-refractivity contribution < 1.29 is 23.5 Å². The van der Waals surface area contributed by atoms with Gasteiger partial charge in [0.1, 0.15) is 11.6 Å². The molecular weight excluding hydrogens is 349 g/mol. The van der Waals surface area contributed by atoms with Crippen LogP contribution in [0.2, 0.25) is 5.02 Å². The van der Waals surface area contributed by atoms with E-state index >= 15 is 0 Å². The van der Waals surface area contributed by atoms with Crippen LogP contribution < -0.4 is 10.1 Å². The van der Waals surface area contributed by atoms with Gasteiger partial charge in [0.15, 0.2) is 6.61 Å². The summed E-state index contributed by atoms with van der Waals surface area (Å²) in [6.45, 7) is -0.267. The van der Waals surface area contributed by atoms with Crippen LogP contribution in [0.5, 0.6) is 5.75 Å². The molecule has 0 radical (unpaired) electrons. The number of methoxy groups -OCH3 is 1. The van der Waals surface area contributed by atoms with E-state index in [0.717, 1.165) is 0 Å². The molecule has 2 aromatic carbocycles. The summed E-state index contributed by atoms with van der Waals surface area (Å²) in [5.41, 5.74) is 0.713. The van der Waals surface area contributed by atoms with Crippen molar-refractivity contribution in [2.45, 2.75) is 12.5 Å². The fourth-order valence-electron chi connectivity index (χ4n) is 2.11. The molecule has 2 rings (SSSR count). The lowest BCUT2D eigenvalue weighted by Crippen LogP contribution is -2.34. The molecule has 1 unspecified atom stereocenters. The number of rotatable bonds is 7. The van der Waals surface area contributed by atoms with E-state index in [9.17, 15) is 14.0 Å². The highest BCUT2D eigenvalue weighted by Crippen LogP contribution is 2.20. The van der Waals surface area contributed by atoms with Gasteiger partial charge in [0.05, 0.1) is 19.6 Å². The lowest BCUT2D eigenvalue weighted by atomic mass is 10.0. The zero-order chi connectivity index (χ0) is 18.2. The van der Waals surface area contributed by atoms with E-state index in [-0.39, 0.29) is 13.0 Å². The van der Waals surface area contributed by atoms with Crippen molar-refractivity contribution >= 4 is 23.5 Å². The zero-order valence-electron chi connectivity index (χ0n) is 13.5. The molecule has 0 heterocycles. The van der Waals surface area contributed by atoms with Gasteiger partial charge in [-0.15, -0.1) is 0 Å². The average Bonchev–Trinajstić information content (AvgIpc) is 2.61. The Morgan fingerprint density at radius 3 is 2.36 bits per heavy atom. The second kappa shape index (κ2) is 9.03. The Balaban J connectivity index is 1.99. The molecule has 0 aliphatic carbocycles. The number of ether oxygens (including phenoxy) is 2. The topological polar surface area (TPSA) is 64.6 Å². The van der Waals surface area contributed by atoms with Gasteiger partial charge in [0.2, 0.25) is 0 Å². The van der Waals surface area contributed by atoms with Gasteiger partial charge in [-0.3, -0.25) is 9.59 Å². The highest BCUT2D eigenvalue weighted by molar-refractivity contribution is 6.30. The summed E-state index contributed by atoms with van der Waals surface area (Å²) in [6.07, 6.45) is -0.0274. The smallest absolute Gasteiger partial charge is 0.307 e. The molecule has 0 bridgehead atoms. The summed E-state index contributed by atoms with van der Waals surface area (Å²) >= 11 is 5.86. The van der Waals surface area contributed by atoms with Gasteiger partial charge < -0.3 is 14.8 Å². The van der Waals surface area contributed by atoms with Crippen LogP contribution in [-0.4, -0.2) is 25.6 Å². The molecule has 0 aromatic heterocycles. The van der Waals surface area contributed by atoms with Gasteiger partial charge in [-0.25, -0.2) is 4.39 Å². The first-order valence-electron chi connectivity index (χ1n) is 7.48. The Morgan fingerprint density at radius 2 is 1.76 bits per heavy atom. The Hall–Kier alpha value is -2.60. The molecule has 2 aromatic rings. The van der Waals surface area contributed by atoms with E-state index in [1.54, 1.807) is 24.3 Å². The second-order valence-corrected chi connectivity index (χ2v) is 5.63. The maximum absolute atomic E-state index is 12.8. The summed E-state index contributed by atoms with van der Waals surface area (Å²) in [5, 5.41) is 3.27. The van der Waals surface area contributed by atoms with Crippen molar-refractivity contribution in [1.82, 2.24) is 5.32 Å². The number of hydrogen-bond acceptors (Lipinski definition) is 4. The Bertz CT molecular complexity index is 719. The van der Waals surface area contributed by atoms with Crippen molar-refractivity contribution in [3.05, 3.63) is 64.9 Å². The SMILES string of the molecule is COC(=O)CC(NC(=O)COc1ccc(F)cc1)c1ccc(Cl)cc1. The minimum Gasteiger partial charge on any atom is -0.484 e. The molecule has 1 N–H and O–H groups in total. The van der Waals surface area contributed by atoms with Crippen LogP contribution in [0.3, 0.4) is 0 Å². The average molecular weight is 366 g/mol. The van der Waals surface area contributed by atoms with Gasteiger partial charge in [-0.2, -0.15) is 0 Å². The molecule has 132 valence electrons. The molecule has 0 saturated carbocycles. The molecule has 1 atom stereocenters. The van der Waals surface area contributed by atoms with Crippen molar-refractivity contribution in [3.8, 4) is 5.75 Å². The molecule has 1 amide bonds. The van der Waals surface area contributed by atoms with Gasteiger partial charge in [0.25, 0.3) is 5.91 Å². The largest absolute Gasteiger partial charge is 0.484 e. The second-order valence-electron chi connectivity index (χ2n) is 5.19. The van der Waals surface area contributed by atoms with Gasteiger partial charge in [-0.05, 0) is 42.0 Å². The molecule has 0 aliphatic heterocycles. The standard InChI is InChI=1S/C18H17ClFNO4/c1-24-18(23)10-16(12-2-4-13(19)5-3-12)21-17(22)11-25-15-8-6-14(20)7-9-15/h2-9,16H,10-11H2,1H3,(H,21,22). The number of amides is 1. The van der Waals surface area contributed by atoms with Crippen LogP contribution >= 0.6 is 11.6 Å². The van der Waals surface area contributed by atoms with Gasteiger partial charge in [0, 0.05) is 5.02 Å². The Labute approximate surface area is 149 Å². The molecular formula is C18H17ClFNO4. The Kier molecular flexibility index (Phi) is 6.77. The first-order chi connectivity index (χ1) is 12.0. The third kappa shape index (κ3) is 6.08. The van der Waals surface area contributed by atoms with Crippen molar-refractivity contribution in [2.24, 2.45) is 0 Å². The van der Waals surface area contributed by atoms with E-state index < -0.39 is 23.7 Å². The predicted octanol–water partition coefficient (Wildman–Crippen LogP) is 3.28. The first-order valence-corrected chi connectivity index (χ1v) is 7.85. The normalized spacial score (nSPS) is 11.5. The minimum atomic E-state index is -0.575. The maximum atomic E-state index is 12.8. The highest BCUT2D eigenvalue weighted by Gasteiger charge is 2.19. The molecule has 0 fully saturated rings. The molecule has 5 nitrogen and oxygen atoms in total. The Morgan fingerprint density at radius 1 is 1.12 bits per heavy atom. The number of hydrogen-bond donors (Lipinski definition) is 1. The summed E-state index contributed by atoms with van der Waals surface area (Å²) in [7, 11) is 1.28. The molecule has 25 heavy (non-hydrogen) atoms. The third-order valence-corrected chi connectivity index (χ3v) is 3.64. The van der Waals surface area contributed by atoms with Crippen molar-refractivity contribution in [3.63, 3.8) is 0 Å². The van der Waals surface area contributed by atoms with Crippen LogP contribution in [0.1, 0.15) is 18.0 Å². The van der Waals surface area contributed by atoms with E-state index in [1.807, 2.05) is 0 Å². The van der Waals surface area contributed by atoms with E-state index in [2.05, 4.69) is 10.1 Å². The number of esters is 1. The number of carbonyl (C=O) groups excluding carboxylic acids is 2. The number of benzene rings is 2. The quantitative estimate of drug-likeness (QED) is 0.765. The van der Waals surface area contributed by atoms with E-state index in [0.29, 0.717) is 16.3 Å². The number of carbonyl (C=O) groups is 2. The van der Waals surface area contributed by atoms with Crippen LogP contribution in [-0.2, 0) is 14.3 Å². The summed E-state index contributed by atoms with van der Waals surface area (Å²) < 4.78 is 22.8. The summed E-state index contributed by atoms with van der Waals surface area (Å²) in [5.74, 6) is -0.905. The molecule has 7 heteroatoms. The van der Waals surface area contributed by atoms with Crippen LogP contribution in [0.4, 0.5) is 4.39 Å². The van der Waals surface area contributed by atoms with Gasteiger partial charge >= 0.3 is 5.97 Å². The van der Waals surface area contributed by atoms with E-state index in [4.69, 9.17) is 16.3 Å². The molecule has 0 aliphatic rings. The van der Waals surface area contributed by atoms with Crippen LogP contribution in [0.25, 0.3) is 0 Å². The predicted molar refractivity (Wildman–Crippen MR) is 90.9 cm³/mol. The number of nitrogens with one attached hydrogen (secondary N) is 1. The zero-order valence-corrected chi connectivity index (χ0v) is 14.3. The summed E-state index contributed by atoms with van der Waals surface area (Å²) in [4.78, 5) is 23.7. The van der Waals surface area contributed by atoms with Gasteiger partial charge in [-0.1, -0.05) is 23.7 Å². The van der Waals surface area contributed by atoms with Crippen molar-refractivity contribution in [1.29, 1.82) is 0 Å². The van der Waals surface area contributed by atoms with Crippen molar-refractivity contribution in [2.75, 3.05) is 13.7 Å². The monoisotopic (exact) mass is 365 g/mol. The van der Waals surface area contributed by atoms with Crippen LogP contribution in [0, 0.1) is 5.82 Å². The summed E-state index contributed by atoms with van der Waals surface area (Å²) in [6, 6.07) is 11.5. The first kappa shape index (κ1) is 18.7. The lowest BCUT2D eigenvalue weighted by Gasteiger charge is -2.18. The molecule has 0 saturated heterocycles.